The van der Waals surface area contributed by atoms with Crippen molar-refractivity contribution in [3.63, 3.8) is 0 Å². The van der Waals surface area contributed by atoms with Gasteiger partial charge in [0.2, 0.25) is 5.78 Å². The van der Waals surface area contributed by atoms with Crippen LogP contribution in [0.1, 0.15) is 45.2 Å². The minimum atomic E-state index is -0.0193. The summed E-state index contributed by atoms with van der Waals surface area (Å²) in [6.07, 6.45) is 2.90. The summed E-state index contributed by atoms with van der Waals surface area (Å²) in [7, 11) is 0. The van der Waals surface area contributed by atoms with E-state index in [0.29, 0.717) is 16.8 Å². The van der Waals surface area contributed by atoms with E-state index in [1.165, 1.54) is 11.1 Å². The molecule has 0 saturated heterocycles. The molecule has 23 heavy (non-hydrogen) atoms. The normalized spacial score (nSPS) is 10.7. The Kier molecular flexibility index (Phi) is 3.75. The molecule has 0 N–H and O–H groups in total. The van der Waals surface area contributed by atoms with Gasteiger partial charge in [-0.3, -0.25) is 4.79 Å². The molecule has 0 saturated carbocycles. The van der Waals surface area contributed by atoms with Crippen molar-refractivity contribution < 1.29 is 4.79 Å². The molecular formula is C20H18N2O. The molecule has 0 fully saturated rings. The van der Waals surface area contributed by atoms with Gasteiger partial charge >= 0.3 is 0 Å². The largest absolute Gasteiger partial charge is 0.313 e. The van der Waals surface area contributed by atoms with Gasteiger partial charge in [0.25, 0.3) is 0 Å². The summed E-state index contributed by atoms with van der Waals surface area (Å²) in [5, 5.41) is 8.88. The lowest BCUT2D eigenvalue weighted by molar-refractivity contribution is 0.103. The summed E-state index contributed by atoms with van der Waals surface area (Å²) in [5.74, 6) is -0.0193. The minimum Gasteiger partial charge on any atom is -0.313 e. The van der Waals surface area contributed by atoms with E-state index in [1.807, 2.05) is 23.6 Å². The van der Waals surface area contributed by atoms with Gasteiger partial charge < -0.3 is 4.40 Å². The van der Waals surface area contributed by atoms with E-state index >= 15 is 0 Å². The summed E-state index contributed by atoms with van der Waals surface area (Å²) in [5.41, 5.74) is 6.44. The molecule has 2 heterocycles. The fraction of sp³-hybridized carbons (Fsp3) is 0.200. The maximum atomic E-state index is 12.9. The third-order valence-electron chi connectivity index (χ3n) is 4.16. The first-order valence-electron chi connectivity index (χ1n) is 7.71. The fourth-order valence-corrected chi connectivity index (χ4v) is 3.09. The topological polar surface area (TPSA) is 45.3 Å². The van der Waals surface area contributed by atoms with Crippen LogP contribution in [0.15, 0.2) is 42.6 Å². The number of ketones is 1. The number of carbonyl (C=O) groups excluding carboxylic acids is 1. The first-order chi connectivity index (χ1) is 11.0. The molecule has 0 atom stereocenters. The molecule has 114 valence electrons. The van der Waals surface area contributed by atoms with E-state index in [9.17, 15) is 4.79 Å². The summed E-state index contributed by atoms with van der Waals surface area (Å²) in [6.45, 7) is 6.22. The van der Waals surface area contributed by atoms with Crippen LogP contribution < -0.4 is 0 Å². The highest BCUT2D eigenvalue weighted by Gasteiger charge is 2.17. The molecule has 0 unspecified atom stereocenters. The number of pyridine rings is 1. The molecule has 1 aromatic carbocycles. The van der Waals surface area contributed by atoms with Gasteiger partial charge in [-0.05, 0) is 67.3 Å². The molecule has 0 aliphatic heterocycles. The number of hydrogen-bond acceptors (Lipinski definition) is 2. The average molecular weight is 302 g/mol. The lowest BCUT2D eigenvalue weighted by Gasteiger charge is -2.07. The maximum absolute atomic E-state index is 12.9. The Morgan fingerprint density at radius 2 is 1.87 bits per heavy atom. The second-order valence-corrected chi connectivity index (χ2v) is 5.85. The number of nitriles is 1. The zero-order valence-corrected chi connectivity index (χ0v) is 13.6. The van der Waals surface area contributed by atoms with Crippen molar-refractivity contribution in [3.05, 3.63) is 76.1 Å². The van der Waals surface area contributed by atoms with E-state index in [-0.39, 0.29) is 5.78 Å². The van der Waals surface area contributed by atoms with E-state index < -0.39 is 0 Å². The van der Waals surface area contributed by atoms with Crippen molar-refractivity contribution in [2.45, 2.75) is 27.2 Å². The Bertz CT molecular complexity index is 940. The van der Waals surface area contributed by atoms with E-state index in [4.69, 9.17) is 5.26 Å². The third-order valence-corrected chi connectivity index (χ3v) is 4.16. The smallest absolute Gasteiger partial charge is 0.209 e. The minimum absolute atomic E-state index is 0.0193. The van der Waals surface area contributed by atoms with Crippen LogP contribution in [0.2, 0.25) is 0 Å². The third kappa shape index (κ3) is 2.53. The van der Waals surface area contributed by atoms with Crippen LogP contribution in [0.25, 0.3) is 5.52 Å². The number of aromatic nitrogens is 1. The molecule has 0 radical (unpaired) electrons. The van der Waals surface area contributed by atoms with Gasteiger partial charge in [0.15, 0.2) is 0 Å². The highest BCUT2D eigenvalue weighted by molar-refractivity contribution is 6.09. The molecule has 0 bridgehead atoms. The first kappa shape index (κ1) is 15.1. The van der Waals surface area contributed by atoms with Crippen molar-refractivity contribution >= 4 is 11.3 Å². The van der Waals surface area contributed by atoms with E-state index in [2.05, 4.69) is 26.0 Å². The quantitative estimate of drug-likeness (QED) is 0.680. The highest BCUT2D eigenvalue weighted by atomic mass is 16.1. The van der Waals surface area contributed by atoms with E-state index in [1.54, 1.807) is 24.3 Å². The molecule has 0 aliphatic carbocycles. The SMILES string of the molecule is CCc1cc(C(=O)c2ccc(C#N)cc2)n2cc(C)cc(C)c12. The lowest BCUT2D eigenvalue weighted by atomic mass is 10.1. The molecule has 0 amide bonds. The van der Waals surface area contributed by atoms with Gasteiger partial charge in [-0.2, -0.15) is 5.26 Å². The Morgan fingerprint density at radius 1 is 1.17 bits per heavy atom. The predicted octanol–water partition coefficient (Wildman–Crippen LogP) is 4.22. The molecule has 0 aliphatic rings. The highest BCUT2D eigenvalue weighted by Crippen LogP contribution is 2.24. The van der Waals surface area contributed by atoms with Gasteiger partial charge in [-0.15, -0.1) is 0 Å². The van der Waals surface area contributed by atoms with Crippen LogP contribution in [0.4, 0.5) is 0 Å². The second-order valence-electron chi connectivity index (χ2n) is 5.85. The number of hydrogen-bond donors (Lipinski definition) is 0. The van der Waals surface area contributed by atoms with Gasteiger partial charge in [0.05, 0.1) is 22.8 Å². The number of benzene rings is 1. The Morgan fingerprint density at radius 3 is 2.48 bits per heavy atom. The fourth-order valence-electron chi connectivity index (χ4n) is 3.09. The van der Waals surface area contributed by atoms with Crippen molar-refractivity contribution in [2.24, 2.45) is 0 Å². The van der Waals surface area contributed by atoms with Gasteiger partial charge in [0.1, 0.15) is 0 Å². The molecule has 2 aromatic heterocycles. The summed E-state index contributed by atoms with van der Waals surface area (Å²) >= 11 is 0. The van der Waals surface area contributed by atoms with Crippen molar-refractivity contribution in [3.8, 4) is 6.07 Å². The second kappa shape index (κ2) is 5.73. The number of aryl methyl sites for hydroxylation is 3. The number of rotatable bonds is 3. The summed E-state index contributed by atoms with van der Waals surface area (Å²) < 4.78 is 2.00. The molecule has 3 nitrogen and oxygen atoms in total. The molecular weight excluding hydrogens is 284 g/mol. The van der Waals surface area contributed by atoms with Crippen LogP contribution in [-0.4, -0.2) is 10.2 Å². The van der Waals surface area contributed by atoms with Crippen LogP contribution in [0.5, 0.6) is 0 Å². The van der Waals surface area contributed by atoms with E-state index in [0.717, 1.165) is 17.5 Å². The Balaban J connectivity index is 2.19. The Hall–Kier alpha value is -2.86. The van der Waals surface area contributed by atoms with Gasteiger partial charge in [-0.25, -0.2) is 0 Å². The van der Waals surface area contributed by atoms with Crippen molar-refractivity contribution in [1.82, 2.24) is 4.40 Å². The standard InChI is InChI=1S/C20H18N2O/c1-4-16-10-18(22-12-13(2)9-14(3)19(16)22)20(23)17-7-5-15(11-21)6-8-17/h5-10,12H,4H2,1-3H3. The first-order valence-corrected chi connectivity index (χ1v) is 7.71. The molecule has 0 spiro atoms. The maximum Gasteiger partial charge on any atom is 0.209 e. The zero-order valence-electron chi connectivity index (χ0n) is 13.6. The number of carbonyl (C=O) groups is 1. The van der Waals surface area contributed by atoms with Crippen LogP contribution in [0, 0.1) is 25.2 Å². The lowest BCUT2D eigenvalue weighted by Crippen LogP contribution is -2.05. The van der Waals surface area contributed by atoms with Gasteiger partial charge in [0, 0.05) is 11.8 Å². The van der Waals surface area contributed by atoms with Crippen molar-refractivity contribution in [2.75, 3.05) is 0 Å². The van der Waals surface area contributed by atoms with Crippen molar-refractivity contribution in [1.29, 1.82) is 5.26 Å². The van der Waals surface area contributed by atoms with Crippen LogP contribution >= 0.6 is 0 Å². The summed E-state index contributed by atoms with van der Waals surface area (Å²) in [6, 6.07) is 13.0. The number of fused-ring (bicyclic) bond motifs is 1. The van der Waals surface area contributed by atoms with Gasteiger partial charge in [-0.1, -0.05) is 13.0 Å². The predicted molar refractivity (Wildman–Crippen MR) is 90.8 cm³/mol. The number of nitrogens with zero attached hydrogens (tertiary/aromatic N) is 2. The molecule has 3 heteroatoms. The monoisotopic (exact) mass is 302 g/mol. The average Bonchev–Trinajstić information content (AvgIpc) is 2.93. The van der Waals surface area contributed by atoms with Crippen LogP contribution in [0.3, 0.4) is 0 Å². The van der Waals surface area contributed by atoms with Crippen LogP contribution in [-0.2, 0) is 6.42 Å². The summed E-state index contributed by atoms with van der Waals surface area (Å²) in [4.78, 5) is 12.9. The molecule has 3 aromatic rings. The zero-order chi connectivity index (χ0) is 16.6. The molecule has 3 rings (SSSR count). The Labute approximate surface area is 135 Å².